The van der Waals surface area contributed by atoms with Crippen LogP contribution in [-0.4, -0.2) is 60.9 Å². The average molecular weight is 559 g/mol. The number of amides is 1. The van der Waals surface area contributed by atoms with Gasteiger partial charge in [0.2, 0.25) is 5.91 Å². The van der Waals surface area contributed by atoms with Crippen molar-refractivity contribution >= 4 is 22.6 Å². The van der Waals surface area contributed by atoms with Crippen molar-refractivity contribution < 1.29 is 33.0 Å². The van der Waals surface area contributed by atoms with Gasteiger partial charge in [0.25, 0.3) is 5.92 Å². The molecular weight excluding hydrogens is 522 g/mol. The second kappa shape index (κ2) is 12.6. The molecule has 0 unspecified atom stereocenters. The van der Waals surface area contributed by atoms with Crippen LogP contribution in [0.25, 0.3) is 22.3 Å². The van der Waals surface area contributed by atoms with Gasteiger partial charge in [-0.3, -0.25) is 10.0 Å². The van der Waals surface area contributed by atoms with E-state index in [0.29, 0.717) is 47.1 Å². The Morgan fingerprint density at radius 1 is 1.02 bits per heavy atom. The second-order valence-electron chi connectivity index (χ2n) is 10.1. The quantitative estimate of drug-likeness (QED) is 0.178. The van der Waals surface area contributed by atoms with Crippen molar-refractivity contribution in [3.05, 3.63) is 35.4 Å². The van der Waals surface area contributed by atoms with E-state index in [4.69, 9.17) is 29.4 Å². The number of methoxy groups -OCH3 is 2. The summed E-state index contributed by atoms with van der Waals surface area (Å²) < 4.78 is 45.1. The third kappa shape index (κ3) is 6.70. The summed E-state index contributed by atoms with van der Waals surface area (Å²) in [6, 6.07) is 7.46. The topological polar surface area (TPSA) is 106 Å². The van der Waals surface area contributed by atoms with Crippen molar-refractivity contribution in [1.82, 2.24) is 15.4 Å². The van der Waals surface area contributed by atoms with Crippen molar-refractivity contribution in [2.24, 2.45) is 0 Å². The van der Waals surface area contributed by atoms with E-state index in [0.717, 1.165) is 35.3 Å². The van der Waals surface area contributed by atoms with E-state index < -0.39 is 11.8 Å². The molecule has 1 aromatic heterocycles. The third-order valence-electron chi connectivity index (χ3n) is 7.10. The van der Waals surface area contributed by atoms with Crippen molar-refractivity contribution in [3.8, 4) is 28.6 Å². The highest BCUT2D eigenvalue weighted by molar-refractivity contribution is 5.97. The molecule has 1 fully saturated rings. The van der Waals surface area contributed by atoms with Gasteiger partial charge in [-0.25, -0.2) is 24.2 Å². The van der Waals surface area contributed by atoms with E-state index >= 15 is 0 Å². The first-order valence-electron chi connectivity index (χ1n) is 13.4. The summed E-state index contributed by atoms with van der Waals surface area (Å²) >= 11 is 0. The molecule has 11 heteroatoms. The number of carbonyl (C=O) groups is 1. The molecular formula is C29H36F2N4O5. The number of aromatic nitrogens is 2. The molecule has 1 aliphatic heterocycles. The van der Waals surface area contributed by atoms with Gasteiger partial charge < -0.3 is 19.1 Å². The van der Waals surface area contributed by atoms with E-state index in [1.165, 1.54) is 0 Å². The number of ether oxygens (including phenoxy) is 3. The number of hydroxylamine groups is 1. The van der Waals surface area contributed by atoms with Crippen molar-refractivity contribution in [2.75, 3.05) is 38.8 Å². The minimum absolute atomic E-state index is 0.170. The molecule has 1 aliphatic rings. The standard InChI is InChI=1S/C29H36F2N4O5/c1-18-14-20(15-19(2)26(18)40-13-7-5-6-8-24(36)34-37)27-32-22-16-21(38-3)17-23(39-4)25(22)28(33-27)35-11-9-29(30,31)10-12-35/h14-17,37H,5-13H2,1-4H3,(H,34,36). The molecule has 9 nitrogen and oxygen atoms in total. The van der Waals surface area contributed by atoms with Crippen LogP contribution in [0.1, 0.15) is 49.7 Å². The number of nitrogens with one attached hydrogen (secondary N) is 1. The van der Waals surface area contributed by atoms with Crippen molar-refractivity contribution in [3.63, 3.8) is 0 Å². The summed E-state index contributed by atoms with van der Waals surface area (Å²) in [5.41, 5.74) is 4.85. The molecule has 2 aromatic carbocycles. The first-order chi connectivity index (χ1) is 19.2. The zero-order valence-corrected chi connectivity index (χ0v) is 23.4. The number of nitrogens with zero attached hydrogens (tertiary/aromatic N) is 3. The number of piperidine rings is 1. The Balaban J connectivity index is 1.64. The molecule has 216 valence electrons. The molecule has 0 atom stereocenters. The van der Waals surface area contributed by atoms with Crippen LogP contribution in [-0.2, 0) is 4.79 Å². The second-order valence-corrected chi connectivity index (χ2v) is 10.1. The predicted octanol–water partition coefficient (Wildman–Crippen LogP) is 5.61. The molecule has 2 heterocycles. The molecule has 0 radical (unpaired) electrons. The van der Waals surface area contributed by atoms with E-state index in [2.05, 4.69) is 0 Å². The van der Waals surface area contributed by atoms with Crippen LogP contribution < -0.4 is 24.6 Å². The number of anilines is 1. The first-order valence-corrected chi connectivity index (χ1v) is 13.4. The highest BCUT2D eigenvalue weighted by Crippen LogP contribution is 2.40. The Kier molecular flexibility index (Phi) is 9.24. The number of benzene rings is 2. The predicted molar refractivity (Wildman–Crippen MR) is 148 cm³/mol. The van der Waals surface area contributed by atoms with E-state index in [9.17, 15) is 13.6 Å². The van der Waals surface area contributed by atoms with Crippen molar-refractivity contribution in [2.45, 2.75) is 58.3 Å². The van der Waals surface area contributed by atoms with Gasteiger partial charge in [-0.2, -0.15) is 0 Å². The highest BCUT2D eigenvalue weighted by Gasteiger charge is 2.35. The number of halogens is 2. The van der Waals surface area contributed by atoms with Gasteiger partial charge in [0.1, 0.15) is 23.1 Å². The summed E-state index contributed by atoms with van der Waals surface area (Å²) in [7, 11) is 3.11. The average Bonchev–Trinajstić information content (AvgIpc) is 2.94. The van der Waals surface area contributed by atoms with Gasteiger partial charge in [0.05, 0.1) is 31.7 Å². The van der Waals surface area contributed by atoms with Gasteiger partial charge >= 0.3 is 0 Å². The number of aryl methyl sites for hydroxylation is 2. The lowest BCUT2D eigenvalue weighted by molar-refractivity contribution is -0.129. The Morgan fingerprint density at radius 2 is 1.73 bits per heavy atom. The molecule has 0 saturated carbocycles. The van der Waals surface area contributed by atoms with Crippen LogP contribution in [0.2, 0.25) is 0 Å². The van der Waals surface area contributed by atoms with Crippen LogP contribution in [0.4, 0.5) is 14.6 Å². The Bertz CT molecular complexity index is 1330. The lowest BCUT2D eigenvalue weighted by Gasteiger charge is -2.33. The fourth-order valence-corrected chi connectivity index (χ4v) is 4.97. The van der Waals surface area contributed by atoms with Crippen LogP contribution in [0, 0.1) is 13.8 Å². The maximum atomic E-state index is 14.0. The Labute approximate surface area is 232 Å². The van der Waals surface area contributed by atoms with Crippen LogP contribution in [0.15, 0.2) is 24.3 Å². The van der Waals surface area contributed by atoms with Crippen LogP contribution >= 0.6 is 0 Å². The van der Waals surface area contributed by atoms with E-state index in [1.807, 2.05) is 30.9 Å². The summed E-state index contributed by atoms with van der Waals surface area (Å²) in [5.74, 6) is -0.194. The van der Waals surface area contributed by atoms with Crippen molar-refractivity contribution in [1.29, 1.82) is 0 Å². The molecule has 0 spiro atoms. The number of hydrogen-bond acceptors (Lipinski definition) is 8. The summed E-state index contributed by atoms with van der Waals surface area (Å²) in [6.07, 6.45) is 2.02. The smallest absolute Gasteiger partial charge is 0.251 e. The van der Waals surface area contributed by atoms with Crippen LogP contribution in [0.3, 0.4) is 0 Å². The first kappa shape index (κ1) is 29.3. The SMILES string of the molecule is COc1cc(OC)c2c(N3CCC(F)(F)CC3)nc(-c3cc(C)c(OCCCCCC(=O)NO)c(C)c3)nc2c1. The Morgan fingerprint density at radius 3 is 2.35 bits per heavy atom. The number of alkyl halides is 2. The number of hydrogen-bond donors (Lipinski definition) is 2. The van der Waals surface area contributed by atoms with Crippen LogP contribution in [0.5, 0.6) is 17.2 Å². The van der Waals surface area contributed by atoms with Gasteiger partial charge in [0.15, 0.2) is 5.82 Å². The number of unbranched alkanes of at least 4 members (excludes halogenated alkanes) is 2. The number of rotatable bonds is 11. The van der Waals surface area contributed by atoms with Gasteiger partial charge in [0, 0.05) is 50.0 Å². The molecule has 0 bridgehead atoms. The highest BCUT2D eigenvalue weighted by atomic mass is 19.3. The maximum absolute atomic E-state index is 14.0. The molecule has 2 N–H and O–H groups in total. The molecule has 4 rings (SSSR count). The zero-order chi connectivity index (χ0) is 28.9. The fraction of sp³-hybridized carbons (Fsp3) is 0.483. The Hall–Kier alpha value is -3.73. The fourth-order valence-electron chi connectivity index (χ4n) is 4.97. The largest absolute Gasteiger partial charge is 0.497 e. The minimum Gasteiger partial charge on any atom is -0.497 e. The summed E-state index contributed by atoms with van der Waals surface area (Å²) in [5, 5.41) is 9.23. The minimum atomic E-state index is -2.69. The lowest BCUT2D eigenvalue weighted by Crippen LogP contribution is -2.40. The summed E-state index contributed by atoms with van der Waals surface area (Å²) in [4.78, 5) is 22.7. The van der Waals surface area contributed by atoms with Gasteiger partial charge in [-0.05, 0) is 56.4 Å². The monoisotopic (exact) mass is 558 g/mol. The number of fused-ring (bicyclic) bond motifs is 1. The van der Waals surface area contributed by atoms with Gasteiger partial charge in [-0.1, -0.05) is 0 Å². The summed E-state index contributed by atoms with van der Waals surface area (Å²) in [6.45, 7) is 4.75. The molecule has 40 heavy (non-hydrogen) atoms. The molecule has 1 saturated heterocycles. The van der Waals surface area contributed by atoms with E-state index in [1.54, 1.807) is 31.8 Å². The normalized spacial score (nSPS) is 14.7. The van der Waals surface area contributed by atoms with Gasteiger partial charge in [-0.15, -0.1) is 0 Å². The number of carbonyl (C=O) groups excluding carboxylic acids is 1. The maximum Gasteiger partial charge on any atom is 0.251 e. The molecule has 3 aromatic rings. The van der Waals surface area contributed by atoms with E-state index in [-0.39, 0.29) is 32.4 Å². The molecule has 0 aliphatic carbocycles. The zero-order valence-electron chi connectivity index (χ0n) is 23.4. The third-order valence-corrected chi connectivity index (χ3v) is 7.10. The lowest BCUT2D eigenvalue weighted by atomic mass is 10.0. The molecule has 1 amide bonds.